The van der Waals surface area contributed by atoms with Crippen LogP contribution >= 0.6 is 0 Å². The molecule has 2 aromatic heterocycles. The van der Waals surface area contributed by atoms with Crippen LogP contribution in [-0.4, -0.2) is 112 Å². The first-order valence-electron chi connectivity index (χ1n) is 18.1. The quantitative estimate of drug-likeness (QED) is 0.0290. The zero-order valence-electron chi connectivity index (χ0n) is 34.2. The molecule has 6 N–H and O–H groups in total. The predicted molar refractivity (Wildman–Crippen MR) is 224 cm³/mol. The van der Waals surface area contributed by atoms with E-state index in [1.54, 1.807) is 72.4 Å². The van der Waals surface area contributed by atoms with Crippen LogP contribution in [0.15, 0.2) is 119 Å². The maximum absolute atomic E-state index is 13.1. The summed E-state index contributed by atoms with van der Waals surface area (Å²) < 4.78 is 75.3. The van der Waals surface area contributed by atoms with Crippen molar-refractivity contribution in [3.8, 4) is 0 Å². The first kappa shape index (κ1) is 50.1. The Morgan fingerprint density at radius 1 is 0.645 bits per heavy atom. The molecule has 0 aliphatic heterocycles. The molecule has 0 saturated heterocycles. The molecule has 0 bridgehead atoms. The van der Waals surface area contributed by atoms with E-state index in [1.807, 2.05) is 12.1 Å². The summed E-state index contributed by atoms with van der Waals surface area (Å²) in [5.74, 6) is 0.120. The van der Waals surface area contributed by atoms with E-state index in [-0.39, 0.29) is 132 Å². The van der Waals surface area contributed by atoms with Crippen molar-refractivity contribution in [3.05, 3.63) is 119 Å². The number of hydrogen-bond donors (Lipinski definition) is 6. The van der Waals surface area contributed by atoms with Crippen LogP contribution < -0.4 is 90.2 Å². The summed E-state index contributed by atoms with van der Waals surface area (Å²) in [4.78, 5) is 29.2. The molecule has 1 aliphatic carbocycles. The molecular weight excluding hydrogens is 863 g/mol. The summed E-state index contributed by atoms with van der Waals surface area (Å²) in [7, 11) is -6.88. The Hall–Kier alpha value is -4.56. The number of hydrogen-bond acceptors (Lipinski definition) is 20. The van der Waals surface area contributed by atoms with E-state index in [1.165, 1.54) is 42.5 Å². The molecule has 5 aromatic rings. The maximum atomic E-state index is 13.1. The van der Waals surface area contributed by atoms with E-state index >= 15 is 0 Å². The summed E-state index contributed by atoms with van der Waals surface area (Å²) in [6.07, 6.45) is 4.60. The largest absolute Gasteiger partial charge is 1.00 e. The summed E-state index contributed by atoms with van der Waals surface area (Å²) in [6.45, 7) is -0.193. The van der Waals surface area contributed by atoms with Gasteiger partial charge in [-0.1, -0.05) is 72.8 Å². The van der Waals surface area contributed by atoms with Crippen LogP contribution in [0.5, 0.6) is 0 Å². The molecule has 2 heterocycles. The van der Waals surface area contributed by atoms with Crippen LogP contribution in [0.1, 0.15) is 12.0 Å². The van der Waals surface area contributed by atoms with Crippen molar-refractivity contribution in [2.45, 2.75) is 17.0 Å². The molecule has 314 valence electrons. The Labute approximate surface area is 402 Å². The van der Waals surface area contributed by atoms with Crippen LogP contribution in [0.4, 0.5) is 47.1 Å². The summed E-state index contributed by atoms with van der Waals surface area (Å²) in [6, 6.07) is 23.3. The normalized spacial score (nSPS) is 13.5. The second kappa shape index (κ2) is 22.2. The van der Waals surface area contributed by atoms with E-state index in [0.717, 1.165) is 6.07 Å². The van der Waals surface area contributed by atoms with Gasteiger partial charge >= 0.3 is 59.1 Å². The molecule has 0 atom stereocenters. The predicted octanol–water partition coefficient (Wildman–Crippen LogP) is -2.99. The fraction of sp³-hybridized carbons (Fsp3) is 0.211. The Kier molecular flexibility index (Phi) is 17.9. The minimum absolute atomic E-state index is 0. The zero-order valence-corrected chi connectivity index (χ0v) is 39.8. The maximum Gasteiger partial charge on any atom is 1.00 e. The van der Waals surface area contributed by atoms with Gasteiger partial charge in [-0.2, -0.15) is 29.9 Å². The van der Waals surface area contributed by atoms with Crippen LogP contribution in [0.25, 0.3) is 6.08 Å². The van der Waals surface area contributed by atoms with Crippen molar-refractivity contribution in [2.75, 3.05) is 71.5 Å². The van der Waals surface area contributed by atoms with Gasteiger partial charge in [0.15, 0.2) is 0 Å². The van der Waals surface area contributed by atoms with Crippen molar-refractivity contribution in [3.63, 3.8) is 0 Å². The number of aliphatic hydroxyl groups is 2. The molecular formula is C38H40N12Na2O8S2. The minimum Gasteiger partial charge on any atom is -0.744 e. The Morgan fingerprint density at radius 2 is 1.10 bits per heavy atom. The molecule has 62 heavy (non-hydrogen) atoms. The second-order valence-corrected chi connectivity index (χ2v) is 16.0. The fourth-order valence-corrected chi connectivity index (χ4v) is 7.34. The number of rotatable bonds is 18. The number of likely N-dealkylation sites (N-methyl/N-ethyl adjacent to an activating group) is 2. The molecule has 0 fully saturated rings. The van der Waals surface area contributed by atoms with Crippen molar-refractivity contribution in [1.29, 1.82) is 0 Å². The number of benzene rings is 3. The van der Waals surface area contributed by atoms with Gasteiger partial charge in [0, 0.05) is 49.9 Å². The standard InChI is InChI=1S/C38H42N12O8S2.2Na/c1-49(21-23-51)36-43-32(39-28-12-5-3-6-13-28)41-34(45-36)47-38(48-35-42-33(40-29-14-7-4-8-15-29)44-37(46-35)50(2)22-24-52)20-19-27(31(25-38)60(56,57)58)18-17-26-11-9-10-16-30(26)59(53,54)55;;/h3-20,51-52H,21-25H2,1-2H3,(H,53,54,55)(H,56,57,58)(H2,39,41,43,45,47)(H2,40,42,44,46,48);;/q;2*+1/p-2. The van der Waals surface area contributed by atoms with Crippen molar-refractivity contribution < 1.29 is 95.3 Å². The molecule has 1 aliphatic rings. The van der Waals surface area contributed by atoms with Gasteiger partial charge in [-0.3, -0.25) is 0 Å². The smallest absolute Gasteiger partial charge is 0.744 e. The van der Waals surface area contributed by atoms with Crippen molar-refractivity contribution in [1.82, 2.24) is 29.9 Å². The number of nitrogens with one attached hydrogen (secondary N) is 4. The third kappa shape index (κ3) is 13.5. The van der Waals surface area contributed by atoms with Crippen LogP contribution in [0, 0.1) is 0 Å². The van der Waals surface area contributed by atoms with Gasteiger partial charge in [0.25, 0.3) is 0 Å². The first-order chi connectivity index (χ1) is 28.6. The van der Waals surface area contributed by atoms with E-state index in [0.29, 0.717) is 11.4 Å². The molecule has 6 rings (SSSR count). The van der Waals surface area contributed by atoms with E-state index in [9.17, 15) is 36.2 Å². The number of anilines is 8. The van der Waals surface area contributed by atoms with E-state index in [4.69, 9.17) is 0 Å². The van der Waals surface area contributed by atoms with Gasteiger partial charge in [-0.25, -0.2) is 16.8 Å². The molecule has 0 amide bonds. The minimum atomic E-state index is -5.27. The summed E-state index contributed by atoms with van der Waals surface area (Å²) in [5.41, 5.74) is -0.695. The summed E-state index contributed by atoms with van der Waals surface area (Å²) >= 11 is 0. The SMILES string of the molecule is CN(CCO)c1nc(Nc2ccccc2)nc(NC2(Nc3nc(Nc4ccccc4)nc(N(C)CCO)n3)C=CC(C=Cc3ccccc3S(=O)(=O)[O-])=C(S(=O)(=O)[O-])C2)n1.[Na+].[Na+]. The van der Waals surface area contributed by atoms with Crippen LogP contribution in [0.3, 0.4) is 0 Å². The third-order valence-corrected chi connectivity index (χ3v) is 10.7. The number of aliphatic hydroxyl groups excluding tert-OH is 2. The fourth-order valence-electron chi connectivity index (χ4n) is 5.84. The molecule has 0 radical (unpaired) electrons. The number of allylic oxidation sites excluding steroid dienone is 3. The Balaban J connectivity index is 0.00000422. The molecule has 0 spiro atoms. The van der Waals surface area contributed by atoms with Gasteiger partial charge in [-0.05, 0) is 47.5 Å². The van der Waals surface area contributed by atoms with Gasteiger partial charge in [0.2, 0.25) is 35.7 Å². The molecule has 0 saturated carbocycles. The van der Waals surface area contributed by atoms with Crippen LogP contribution in [-0.2, 0) is 20.2 Å². The molecule has 24 heteroatoms. The molecule has 20 nitrogen and oxygen atoms in total. The number of aromatic nitrogens is 6. The summed E-state index contributed by atoms with van der Waals surface area (Å²) in [5, 5.41) is 31.9. The van der Waals surface area contributed by atoms with Crippen LogP contribution in [0.2, 0.25) is 0 Å². The Bertz CT molecular complexity index is 2530. The van der Waals surface area contributed by atoms with Gasteiger partial charge in [-0.15, -0.1) is 0 Å². The van der Waals surface area contributed by atoms with Gasteiger partial charge in [0.05, 0.1) is 18.1 Å². The number of para-hydroxylation sites is 2. The average Bonchev–Trinajstić information content (AvgIpc) is 3.20. The number of nitrogens with zero attached hydrogens (tertiary/aromatic N) is 8. The van der Waals surface area contributed by atoms with Crippen molar-refractivity contribution in [2.24, 2.45) is 0 Å². The van der Waals surface area contributed by atoms with Crippen molar-refractivity contribution >= 4 is 73.4 Å². The Morgan fingerprint density at radius 3 is 1.55 bits per heavy atom. The second-order valence-electron chi connectivity index (χ2n) is 13.2. The molecule has 3 aromatic carbocycles. The van der Waals surface area contributed by atoms with E-state index in [2.05, 4.69) is 51.2 Å². The molecule has 0 unspecified atom stereocenters. The topological polar surface area (TPSA) is 287 Å². The third-order valence-electron chi connectivity index (χ3n) is 8.77. The first-order valence-corrected chi connectivity index (χ1v) is 20.9. The van der Waals surface area contributed by atoms with Gasteiger partial charge < -0.3 is 50.4 Å². The monoisotopic (exact) mass is 902 g/mol. The zero-order chi connectivity index (χ0) is 42.9. The van der Waals surface area contributed by atoms with E-state index < -0.39 is 42.1 Å². The average molecular weight is 903 g/mol. The van der Waals surface area contributed by atoms with Gasteiger partial charge in [0.1, 0.15) is 25.9 Å².